The summed E-state index contributed by atoms with van der Waals surface area (Å²) < 4.78 is 10.4. The van der Waals surface area contributed by atoms with Gasteiger partial charge >= 0.3 is 0 Å². The van der Waals surface area contributed by atoms with Crippen molar-refractivity contribution < 1.29 is 14.3 Å². The Morgan fingerprint density at radius 3 is 1.80 bits per heavy atom. The van der Waals surface area contributed by atoms with Crippen molar-refractivity contribution in [1.82, 2.24) is 5.32 Å². The molecule has 0 aliphatic heterocycles. The summed E-state index contributed by atoms with van der Waals surface area (Å²) in [6.45, 7) is 5.04. The van der Waals surface area contributed by atoms with E-state index in [-0.39, 0.29) is 0 Å². The van der Waals surface area contributed by atoms with Crippen molar-refractivity contribution in [2.75, 3.05) is 20.8 Å². The summed E-state index contributed by atoms with van der Waals surface area (Å²) in [5.74, 6) is 2.00. The lowest BCUT2D eigenvalue weighted by molar-refractivity contribution is -0.103. The Hall–Kier alpha value is -2.75. The molecule has 0 atom stereocenters. The van der Waals surface area contributed by atoms with Gasteiger partial charge in [-0.25, -0.2) is 0 Å². The van der Waals surface area contributed by atoms with E-state index in [1.807, 2.05) is 48.5 Å². The molecule has 0 aliphatic rings. The fraction of sp³-hybridized carbons (Fsp3) is 0.286. The van der Waals surface area contributed by atoms with E-state index in [2.05, 4.69) is 19.2 Å². The third-order valence-electron chi connectivity index (χ3n) is 3.85. The molecule has 0 saturated carbocycles. The van der Waals surface area contributed by atoms with Crippen molar-refractivity contribution in [3.63, 3.8) is 0 Å². The first-order valence-corrected chi connectivity index (χ1v) is 8.31. The molecular formula is C21H25NO3. The maximum Gasteiger partial charge on any atom is 0.152 e. The number of rotatable bonds is 8. The number of nitrogens with one attached hydrogen (secondary N) is 1. The quantitative estimate of drug-likeness (QED) is 0.448. The van der Waals surface area contributed by atoms with Crippen LogP contribution < -0.4 is 14.8 Å². The van der Waals surface area contributed by atoms with Gasteiger partial charge in [0, 0.05) is 12.1 Å². The highest BCUT2D eigenvalue weighted by atomic mass is 16.5. The number of ether oxygens (including phenoxy) is 2. The SMILES string of the molecule is COc1ccc(/C(C=O)=C(/NCC(C)C)c2ccc(OC)cc2)cc1. The predicted octanol–water partition coefficient (Wildman–Crippen LogP) is 4.02. The van der Waals surface area contributed by atoms with Crippen molar-refractivity contribution >= 4 is 17.6 Å². The molecule has 4 nitrogen and oxygen atoms in total. The summed E-state index contributed by atoms with van der Waals surface area (Å²) in [6, 6.07) is 15.2. The van der Waals surface area contributed by atoms with Crippen molar-refractivity contribution in [2.45, 2.75) is 13.8 Å². The van der Waals surface area contributed by atoms with Gasteiger partial charge in [0.15, 0.2) is 6.29 Å². The molecule has 1 N–H and O–H groups in total. The van der Waals surface area contributed by atoms with Gasteiger partial charge in [-0.15, -0.1) is 0 Å². The zero-order chi connectivity index (χ0) is 18.2. The molecule has 0 heterocycles. The van der Waals surface area contributed by atoms with Crippen LogP contribution in [0.1, 0.15) is 25.0 Å². The first-order chi connectivity index (χ1) is 12.1. The maximum absolute atomic E-state index is 11.9. The monoisotopic (exact) mass is 339 g/mol. The molecule has 0 amide bonds. The molecular weight excluding hydrogens is 314 g/mol. The first-order valence-electron chi connectivity index (χ1n) is 8.31. The van der Waals surface area contributed by atoms with E-state index < -0.39 is 0 Å². The summed E-state index contributed by atoms with van der Waals surface area (Å²) in [6.07, 6.45) is 0.898. The predicted molar refractivity (Wildman–Crippen MR) is 102 cm³/mol. The van der Waals surface area contributed by atoms with Gasteiger partial charge in [-0.2, -0.15) is 0 Å². The summed E-state index contributed by atoms with van der Waals surface area (Å²) in [5, 5.41) is 3.43. The number of methoxy groups -OCH3 is 2. The minimum atomic E-state index is 0.456. The second kappa shape index (κ2) is 8.92. The van der Waals surface area contributed by atoms with E-state index in [1.165, 1.54) is 0 Å². The standard InChI is InChI=1S/C21H25NO3/c1-15(2)13-22-21(17-7-11-19(25-4)12-8-17)20(14-23)16-5-9-18(24-3)10-6-16/h5-12,14-15,22H,13H2,1-4H3/b21-20+. The minimum Gasteiger partial charge on any atom is -0.497 e. The fourth-order valence-electron chi connectivity index (χ4n) is 2.46. The van der Waals surface area contributed by atoms with Crippen LogP contribution in [0.2, 0.25) is 0 Å². The van der Waals surface area contributed by atoms with Gasteiger partial charge in [0.2, 0.25) is 0 Å². The van der Waals surface area contributed by atoms with Crippen LogP contribution in [0.25, 0.3) is 11.3 Å². The van der Waals surface area contributed by atoms with Crippen LogP contribution in [0.5, 0.6) is 11.5 Å². The van der Waals surface area contributed by atoms with Crippen LogP contribution in [-0.2, 0) is 4.79 Å². The molecule has 2 aromatic rings. The number of carbonyl (C=O) groups is 1. The van der Waals surface area contributed by atoms with Gasteiger partial charge < -0.3 is 14.8 Å². The third kappa shape index (κ3) is 4.86. The van der Waals surface area contributed by atoms with Gasteiger partial charge in [-0.1, -0.05) is 26.0 Å². The van der Waals surface area contributed by atoms with Crippen molar-refractivity contribution in [3.05, 3.63) is 59.7 Å². The second-order valence-electron chi connectivity index (χ2n) is 6.14. The molecule has 0 aliphatic carbocycles. The summed E-state index contributed by atoms with van der Waals surface area (Å²) in [5.41, 5.74) is 3.22. The fourth-order valence-corrected chi connectivity index (χ4v) is 2.46. The number of benzene rings is 2. The molecule has 0 saturated heterocycles. The number of allylic oxidation sites excluding steroid dienone is 1. The summed E-state index contributed by atoms with van der Waals surface area (Å²) >= 11 is 0. The molecule has 0 fully saturated rings. The average Bonchev–Trinajstić information content (AvgIpc) is 2.65. The van der Waals surface area contributed by atoms with Crippen molar-refractivity contribution in [3.8, 4) is 11.5 Å². The van der Waals surface area contributed by atoms with E-state index in [4.69, 9.17) is 9.47 Å². The highest BCUT2D eigenvalue weighted by Crippen LogP contribution is 2.26. The van der Waals surface area contributed by atoms with Crippen LogP contribution in [0.4, 0.5) is 0 Å². The van der Waals surface area contributed by atoms with Gasteiger partial charge in [0.25, 0.3) is 0 Å². The van der Waals surface area contributed by atoms with E-state index in [0.29, 0.717) is 11.5 Å². The number of hydrogen-bond acceptors (Lipinski definition) is 4. The molecule has 132 valence electrons. The van der Waals surface area contributed by atoms with E-state index in [0.717, 1.165) is 41.2 Å². The Bertz CT molecular complexity index is 716. The van der Waals surface area contributed by atoms with Gasteiger partial charge in [0.1, 0.15) is 11.5 Å². The zero-order valence-corrected chi connectivity index (χ0v) is 15.2. The summed E-state index contributed by atoms with van der Waals surface area (Å²) in [4.78, 5) is 11.9. The van der Waals surface area contributed by atoms with Gasteiger partial charge in [0.05, 0.1) is 19.9 Å². The number of hydrogen-bond donors (Lipinski definition) is 1. The molecule has 0 unspecified atom stereocenters. The third-order valence-corrected chi connectivity index (χ3v) is 3.85. The molecule has 0 bridgehead atoms. The smallest absolute Gasteiger partial charge is 0.152 e. The van der Waals surface area contributed by atoms with Crippen molar-refractivity contribution in [1.29, 1.82) is 0 Å². The van der Waals surface area contributed by atoms with E-state index >= 15 is 0 Å². The first kappa shape index (κ1) is 18.6. The Balaban J connectivity index is 2.50. The lowest BCUT2D eigenvalue weighted by atomic mass is 9.99. The molecule has 2 aromatic carbocycles. The molecule has 25 heavy (non-hydrogen) atoms. The van der Waals surface area contributed by atoms with E-state index in [1.54, 1.807) is 14.2 Å². The lowest BCUT2D eigenvalue weighted by Gasteiger charge is -2.17. The molecule has 0 spiro atoms. The number of carbonyl (C=O) groups excluding carboxylic acids is 1. The Morgan fingerprint density at radius 1 is 0.920 bits per heavy atom. The highest BCUT2D eigenvalue weighted by Gasteiger charge is 2.12. The van der Waals surface area contributed by atoms with Gasteiger partial charge in [-0.3, -0.25) is 4.79 Å². The van der Waals surface area contributed by atoms with E-state index in [9.17, 15) is 4.79 Å². The average molecular weight is 339 g/mol. The zero-order valence-electron chi connectivity index (χ0n) is 15.2. The van der Waals surface area contributed by atoms with Crippen LogP contribution in [0, 0.1) is 5.92 Å². The molecule has 2 rings (SSSR count). The molecule has 4 heteroatoms. The van der Waals surface area contributed by atoms with Crippen LogP contribution in [0.3, 0.4) is 0 Å². The van der Waals surface area contributed by atoms with Gasteiger partial charge in [-0.05, 0) is 53.4 Å². The summed E-state index contributed by atoms with van der Waals surface area (Å²) in [7, 11) is 3.26. The van der Waals surface area contributed by atoms with Crippen LogP contribution in [0.15, 0.2) is 48.5 Å². The molecule has 0 aromatic heterocycles. The lowest BCUT2D eigenvalue weighted by Crippen LogP contribution is -2.20. The Kier molecular flexibility index (Phi) is 6.63. The normalized spacial score (nSPS) is 11.7. The topological polar surface area (TPSA) is 47.6 Å². The van der Waals surface area contributed by atoms with Crippen LogP contribution >= 0.6 is 0 Å². The Morgan fingerprint density at radius 2 is 1.40 bits per heavy atom. The highest BCUT2D eigenvalue weighted by molar-refractivity contribution is 6.16. The molecule has 0 radical (unpaired) electrons. The minimum absolute atomic E-state index is 0.456. The maximum atomic E-state index is 11.9. The number of aldehydes is 1. The largest absolute Gasteiger partial charge is 0.497 e. The second-order valence-corrected chi connectivity index (χ2v) is 6.14. The van der Waals surface area contributed by atoms with Crippen molar-refractivity contribution in [2.24, 2.45) is 5.92 Å². The Labute approximate surface area is 149 Å². The van der Waals surface area contributed by atoms with Crippen LogP contribution in [-0.4, -0.2) is 27.1 Å².